The summed E-state index contributed by atoms with van der Waals surface area (Å²) >= 11 is 0. The van der Waals surface area contributed by atoms with Gasteiger partial charge in [-0.25, -0.2) is 4.39 Å². The number of rotatable bonds is 5. The molecule has 0 unspecified atom stereocenters. The Morgan fingerprint density at radius 3 is 2.48 bits per heavy atom. The van der Waals surface area contributed by atoms with E-state index < -0.39 is 11.7 Å². The molecule has 0 saturated heterocycles. The number of anilines is 1. The Morgan fingerprint density at radius 2 is 1.74 bits per heavy atom. The normalized spacial score (nSPS) is 10.3. The maximum Gasteiger partial charge on any atom is 0.257 e. The van der Waals surface area contributed by atoms with Gasteiger partial charge in [0.25, 0.3) is 11.8 Å². The molecule has 2 aromatic carbocycles. The van der Waals surface area contributed by atoms with Gasteiger partial charge in [-0.15, -0.1) is 0 Å². The Kier molecular flexibility index (Phi) is 5.56. The van der Waals surface area contributed by atoms with Crippen LogP contribution in [0, 0.1) is 5.82 Å². The number of nitrogens with zero attached hydrogens (tertiary/aromatic N) is 2. The molecule has 6 heteroatoms. The predicted molar refractivity (Wildman–Crippen MR) is 101 cm³/mol. The number of aromatic nitrogens is 1. The molecule has 0 bridgehead atoms. The average molecular weight is 363 g/mol. The molecule has 1 N–H and O–H groups in total. The summed E-state index contributed by atoms with van der Waals surface area (Å²) in [4.78, 5) is 30.5. The molecule has 0 aliphatic rings. The van der Waals surface area contributed by atoms with Crippen molar-refractivity contribution in [1.82, 2.24) is 9.88 Å². The van der Waals surface area contributed by atoms with Crippen LogP contribution in [0.3, 0.4) is 0 Å². The first kappa shape index (κ1) is 18.3. The third-order valence-electron chi connectivity index (χ3n) is 3.94. The number of nitrogens with one attached hydrogen (secondary N) is 1. The molecule has 2 amide bonds. The summed E-state index contributed by atoms with van der Waals surface area (Å²) < 4.78 is 13.2. The van der Waals surface area contributed by atoms with E-state index in [-0.39, 0.29) is 11.5 Å². The van der Waals surface area contributed by atoms with Crippen molar-refractivity contribution in [2.24, 2.45) is 0 Å². The van der Waals surface area contributed by atoms with Gasteiger partial charge in [0.05, 0.1) is 11.1 Å². The molecular weight excluding hydrogens is 345 g/mol. The fourth-order valence-electron chi connectivity index (χ4n) is 2.60. The molecule has 0 atom stereocenters. The molecule has 0 aliphatic heterocycles. The zero-order chi connectivity index (χ0) is 19.2. The lowest BCUT2D eigenvalue weighted by atomic mass is 10.1. The second kappa shape index (κ2) is 8.23. The van der Waals surface area contributed by atoms with Crippen LogP contribution in [0.1, 0.15) is 26.3 Å². The third-order valence-corrected chi connectivity index (χ3v) is 3.94. The number of pyridine rings is 1. The number of hydrogen-bond donors (Lipinski definition) is 1. The zero-order valence-corrected chi connectivity index (χ0v) is 14.7. The fourth-order valence-corrected chi connectivity index (χ4v) is 2.60. The Morgan fingerprint density at radius 1 is 1.00 bits per heavy atom. The molecule has 5 nitrogen and oxygen atoms in total. The Bertz CT molecular complexity index is 960. The Labute approximate surface area is 156 Å². The Hall–Kier alpha value is -3.54. The predicted octanol–water partition coefficient (Wildman–Crippen LogP) is 3.75. The maximum atomic E-state index is 13.2. The summed E-state index contributed by atoms with van der Waals surface area (Å²) in [5, 5.41) is 2.59. The molecule has 0 spiro atoms. The summed E-state index contributed by atoms with van der Waals surface area (Å²) in [5.41, 5.74) is 1.86. The van der Waals surface area contributed by atoms with Crippen molar-refractivity contribution in [1.29, 1.82) is 0 Å². The van der Waals surface area contributed by atoms with Crippen LogP contribution >= 0.6 is 0 Å². The van der Waals surface area contributed by atoms with Gasteiger partial charge in [-0.05, 0) is 29.8 Å². The second-order valence-corrected chi connectivity index (χ2v) is 6.07. The molecule has 27 heavy (non-hydrogen) atoms. The third kappa shape index (κ3) is 4.76. The van der Waals surface area contributed by atoms with Gasteiger partial charge in [0.1, 0.15) is 5.82 Å². The van der Waals surface area contributed by atoms with Crippen LogP contribution in [-0.4, -0.2) is 28.7 Å². The van der Waals surface area contributed by atoms with Crippen LogP contribution < -0.4 is 5.32 Å². The van der Waals surface area contributed by atoms with E-state index in [4.69, 9.17) is 0 Å². The first-order valence-corrected chi connectivity index (χ1v) is 8.34. The number of carbonyl (C=O) groups excluding carboxylic acids is 2. The molecule has 1 heterocycles. The molecule has 0 aliphatic carbocycles. The molecule has 0 radical (unpaired) electrons. The van der Waals surface area contributed by atoms with Gasteiger partial charge in [0.15, 0.2) is 0 Å². The van der Waals surface area contributed by atoms with E-state index in [9.17, 15) is 14.0 Å². The van der Waals surface area contributed by atoms with E-state index in [1.807, 2.05) is 30.3 Å². The van der Waals surface area contributed by atoms with Gasteiger partial charge < -0.3 is 10.2 Å². The van der Waals surface area contributed by atoms with Crippen LogP contribution in [0.25, 0.3) is 0 Å². The van der Waals surface area contributed by atoms with Gasteiger partial charge in [0, 0.05) is 31.7 Å². The van der Waals surface area contributed by atoms with Crippen molar-refractivity contribution in [2.45, 2.75) is 6.54 Å². The van der Waals surface area contributed by atoms with E-state index in [0.717, 1.165) is 5.56 Å². The minimum atomic E-state index is -0.464. The van der Waals surface area contributed by atoms with Gasteiger partial charge in [-0.1, -0.05) is 36.4 Å². The van der Waals surface area contributed by atoms with E-state index in [2.05, 4.69) is 10.3 Å². The second-order valence-electron chi connectivity index (χ2n) is 6.07. The number of hydrogen-bond acceptors (Lipinski definition) is 3. The average Bonchev–Trinajstić information content (AvgIpc) is 2.68. The van der Waals surface area contributed by atoms with Crippen molar-refractivity contribution in [3.05, 3.63) is 95.6 Å². The van der Waals surface area contributed by atoms with Crippen molar-refractivity contribution < 1.29 is 14.0 Å². The highest BCUT2D eigenvalue weighted by Crippen LogP contribution is 2.13. The van der Waals surface area contributed by atoms with Crippen LogP contribution in [0.2, 0.25) is 0 Å². The molecule has 136 valence electrons. The van der Waals surface area contributed by atoms with Crippen molar-refractivity contribution in [3.63, 3.8) is 0 Å². The van der Waals surface area contributed by atoms with Crippen molar-refractivity contribution >= 4 is 17.5 Å². The topological polar surface area (TPSA) is 62.3 Å². The number of halogens is 1. The van der Waals surface area contributed by atoms with Crippen LogP contribution in [0.4, 0.5) is 10.1 Å². The first-order chi connectivity index (χ1) is 13.0. The highest BCUT2D eigenvalue weighted by atomic mass is 19.1. The lowest BCUT2D eigenvalue weighted by Crippen LogP contribution is -2.26. The van der Waals surface area contributed by atoms with E-state index in [1.165, 1.54) is 36.7 Å². The van der Waals surface area contributed by atoms with Crippen LogP contribution in [0.15, 0.2) is 73.1 Å². The van der Waals surface area contributed by atoms with Crippen LogP contribution in [-0.2, 0) is 6.54 Å². The Balaban J connectivity index is 1.72. The first-order valence-electron chi connectivity index (χ1n) is 8.34. The van der Waals surface area contributed by atoms with Crippen LogP contribution in [0.5, 0.6) is 0 Å². The van der Waals surface area contributed by atoms with Gasteiger partial charge >= 0.3 is 0 Å². The number of amides is 2. The highest BCUT2D eigenvalue weighted by molar-refractivity contribution is 6.05. The molecule has 0 saturated carbocycles. The van der Waals surface area contributed by atoms with Crippen molar-refractivity contribution in [2.75, 3.05) is 12.4 Å². The monoisotopic (exact) mass is 363 g/mol. The molecule has 3 aromatic rings. The fraction of sp³-hybridized carbons (Fsp3) is 0.0952. The minimum absolute atomic E-state index is 0.221. The smallest absolute Gasteiger partial charge is 0.257 e. The van der Waals surface area contributed by atoms with Gasteiger partial charge in [-0.2, -0.15) is 0 Å². The SMILES string of the molecule is CN(Cc1ccccc1)C(=O)c1cncc(C(=O)Nc2cccc(F)c2)c1. The van der Waals surface area contributed by atoms with E-state index in [1.54, 1.807) is 18.0 Å². The summed E-state index contributed by atoms with van der Waals surface area (Å²) in [7, 11) is 1.69. The number of carbonyl (C=O) groups is 2. The number of benzene rings is 2. The van der Waals surface area contributed by atoms with E-state index >= 15 is 0 Å². The standard InChI is InChI=1S/C21H18FN3O2/c1-25(14-15-6-3-2-4-7-15)21(27)17-10-16(12-23-13-17)20(26)24-19-9-5-8-18(22)11-19/h2-13H,14H2,1H3,(H,24,26). The summed E-state index contributed by atoms with van der Waals surface area (Å²) in [6.45, 7) is 0.444. The summed E-state index contributed by atoms with van der Waals surface area (Å²) in [5.74, 6) is -1.15. The highest BCUT2D eigenvalue weighted by Gasteiger charge is 2.15. The van der Waals surface area contributed by atoms with E-state index in [0.29, 0.717) is 17.8 Å². The summed E-state index contributed by atoms with van der Waals surface area (Å²) in [6.07, 6.45) is 2.78. The van der Waals surface area contributed by atoms with Crippen molar-refractivity contribution in [3.8, 4) is 0 Å². The maximum absolute atomic E-state index is 13.2. The quantitative estimate of drug-likeness (QED) is 0.751. The van der Waals surface area contributed by atoms with Gasteiger partial charge in [0.2, 0.25) is 0 Å². The lowest BCUT2D eigenvalue weighted by molar-refractivity contribution is 0.0784. The lowest BCUT2D eigenvalue weighted by Gasteiger charge is -2.17. The van der Waals surface area contributed by atoms with Gasteiger partial charge in [-0.3, -0.25) is 14.6 Å². The largest absolute Gasteiger partial charge is 0.337 e. The molecule has 0 fully saturated rings. The molecule has 1 aromatic heterocycles. The molecular formula is C21H18FN3O2. The zero-order valence-electron chi connectivity index (χ0n) is 14.7. The molecule has 3 rings (SSSR count). The minimum Gasteiger partial charge on any atom is -0.337 e. The summed E-state index contributed by atoms with van der Waals surface area (Å²) in [6, 6.07) is 16.7.